The van der Waals surface area contributed by atoms with Crippen molar-refractivity contribution in [1.29, 1.82) is 0 Å². The molecule has 132 valence electrons. The standard InChI is InChI=1S/C25H21NO/c27-23(26-21-8-1-2-9-21)10-4-5-17-11-12-20-14-13-18-6-3-7-19-15-16-22(17)25(20)24(18)19/h1-3,6-8,11-16H,4-5,9-10H2,(H,26,27). The first kappa shape index (κ1) is 16.1. The lowest BCUT2D eigenvalue weighted by molar-refractivity contribution is -0.120. The summed E-state index contributed by atoms with van der Waals surface area (Å²) in [7, 11) is 0. The van der Waals surface area contributed by atoms with E-state index < -0.39 is 0 Å². The Balaban J connectivity index is 1.41. The second-order valence-electron chi connectivity index (χ2n) is 7.31. The summed E-state index contributed by atoms with van der Waals surface area (Å²) in [6.45, 7) is 0. The molecular weight excluding hydrogens is 330 g/mol. The van der Waals surface area contributed by atoms with E-state index in [1.165, 1.54) is 37.9 Å². The first-order valence-electron chi connectivity index (χ1n) is 9.60. The van der Waals surface area contributed by atoms with Crippen molar-refractivity contribution in [3.63, 3.8) is 0 Å². The van der Waals surface area contributed by atoms with Gasteiger partial charge in [0.25, 0.3) is 0 Å². The maximum Gasteiger partial charge on any atom is 0.224 e. The van der Waals surface area contributed by atoms with Crippen LogP contribution in [-0.4, -0.2) is 5.91 Å². The number of carbonyl (C=O) groups is 1. The molecule has 4 aromatic carbocycles. The first-order chi connectivity index (χ1) is 13.3. The zero-order valence-electron chi connectivity index (χ0n) is 15.2. The molecule has 5 rings (SSSR count). The Morgan fingerprint density at radius 1 is 0.889 bits per heavy atom. The molecule has 1 amide bonds. The van der Waals surface area contributed by atoms with Crippen LogP contribution >= 0.6 is 0 Å². The van der Waals surface area contributed by atoms with Gasteiger partial charge in [-0.2, -0.15) is 0 Å². The van der Waals surface area contributed by atoms with Crippen molar-refractivity contribution < 1.29 is 4.79 Å². The van der Waals surface area contributed by atoms with Crippen molar-refractivity contribution in [2.75, 3.05) is 0 Å². The number of aryl methyl sites for hydroxylation is 1. The summed E-state index contributed by atoms with van der Waals surface area (Å²) in [5.74, 6) is 0.114. The minimum Gasteiger partial charge on any atom is -0.329 e. The second-order valence-corrected chi connectivity index (χ2v) is 7.31. The van der Waals surface area contributed by atoms with Gasteiger partial charge in [-0.05, 0) is 56.8 Å². The van der Waals surface area contributed by atoms with Crippen LogP contribution in [0.1, 0.15) is 24.8 Å². The van der Waals surface area contributed by atoms with Gasteiger partial charge in [-0.3, -0.25) is 4.79 Å². The fraction of sp³-hybridized carbons (Fsp3) is 0.160. The van der Waals surface area contributed by atoms with Crippen molar-refractivity contribution in [3.8, 4) is 0 Å². The first-order valence-corrected chi connectivity index (χ1v) is 9.60. The van der Waals surface area contributed by atoms with E-state index in [1.807, 2.05) is 12.2 Å². The SMILES string of the molecule is O=C(CCCc1ccc2ccc3cccc4ccc1c2c34)NC1=CC=CC1. The Morgan fingerprint density at radius 3 is 2.41 bits per heavy atom. The monoisotopic (exact) mass is 351 g/mol. The molecule has 0 heterocycles. The summed E-state index contributed by atoms with van der Waals surface area (Å²) >= 11 is 0. The summed E-state index contributed by atoms with van der Waals surface area (Å²) in [5, 5.41) is 10.9. The van der Waals surface area contributed by atoms with Gasteiger partial charge in [0, 0.05) is 18.5 Å². The number of nitrogens with one attached hydrogen (secondary N) is 1. The average molecular weight is 351 g/mol. The van der Waals surface area contributed by atoms with Crippen molar-refractivity contribution >= 4 is 38.2 Å². The van der Waals surface area contributed by atoms with E-state index in [1.54, 1.807) is 0 Å². The zero-order valence-corrected chi connectivity index (χ0v) is 15.2. The third-order valence-corrected chi connectivity index (χ3v) is 5.54. The van der Waals surface area contributed by atoms with Crippen LogP contribution in [0.3, 0.4) is 0 Å². The Hall–Kier alpha value is -3.13. The molecule has 1 aliphatic carbocycles. The van der Waals surface area contributed by atoms with Crippen molar-refractivity contribution in [2.24, 2.45) is 0 Å². The molecule has 0 saturated heterocycles. The van der Waals surface area contributed by atoms with Crippen LogP contribution in [0.4, 0.5) is 0 Å². The van der Waals surface area contributed by atoms with Crippen molar-refractivity contribution in [1.82, 2.24) is 5.32 Å². The van der Waals surface area contributed by atoms with Gasteiger partial charge in [0.05, 0.1) is 0 Å². The van der Waals surface area contributed by atoms with E-state index in [2.05, 4.69) is 66.0 Å². The van der Waals surface area contributed by atoms with Crippen LogP contribution < -0.4 is 5.32 Å². The van der Waals surface area contributed by atoms with Gasteiger partial charge in [0.15, 0.2) is 0 Å². The van der Waals surface area contributed by atoms with Crippen LogP contribution in [0.15, 0.2) is 78.5 Å². The largest absolute Gasteiger partial charge is 0.329 e. The minimum atomic E-state index is 0.114. The highest BCUT2D eigenvalue weighted by molar-refractivity contribution is 6.23. The van der Waals surface area contributed by atoms with E-state index in [0.29, 0.717) is 6.42 Å². The summed E-state index contributed by atoms with van der Waals surface area (Å²) in [6.07, 6.45) is 9.18. The number of benzene rings is 4. The third kappa shape index (κ3) is 2.87. The van der Waals surface area contributed by atoms with Crippen LogP contribution in [0.2, 0.25) is 0 Å². The number of carbonyl (C=O) groups excluding carboxylic acids is 1. The normalized spacial score (nSPS) is 13.7. The van der Waals surface area contributed by atoms with Crippen LogP contribution in [-0.2, 0) is 11.2 Å². The summed E-state index contributed by atoms with van der Waals surface area (Å²) in [5.41, 5.74) is 2.33. The fourth-order valence-corrected chi connectivity index (χ4v) is 4.23. The summed E-state index contributed by atoms with van der Waals surface area (Å²) < 4.78 is 0. The topological polar surface area (TPSA) is 29.1 Å². The molecule has 0 spiro atoms. The maximum absolute atomic E-state index is 12.1. The molecule has 0 atom stereocenters. The fourth-order valence-electron chi connectivity index (χ4n) is 4.23. The third-order valence-electron chi connectivity index (χ3n) is 5.54. The summed E-state index contributed by atoms with van der Waals surface area (Å²) in [4.78, 5) is 12.1. The molecule has 0 radical (unpaired) electrons. The number of rotatable bonds is 5. The van der Waals surface area contributed by atoms with E-state index in [-0.39, 0.29) is 5.91 Å². The molecule has 2 heteroatoms. The van der Waals surface area contributed by atoms with Gasteiger partial charge in [-0.25, -0.2) is 0 Å². The van der Waals surface area contributed by atoms with Crippen LogP contribution in [0.5, 0.6) is 0 Å². The molecule has 0 aliphatic heterocycles. The molecule has 0 fully saturated rings. The Bertz CT molecular complexity index is 1200. The molecule has 27 heavy (non-hydrogen) atoms. The summed E-state index contributed by atoms with van der Waals surface area (Å²) in [6, 6.07) is 19.8. The lowest BCUT2D eigenvalue weighted by Crippen LogP contribution is -2.21. The predicted octanol–water partition coefficient (Wildman–Crippen LogP) is 5.87. The Labute approximate surface area is 158 Å². The van der Waals surface area contributed by atoms with E-state index >= 15 is 0 Å². The molecule has 0 bridgehead atoms. The van der Waals surface area contributed by atoms with Crippen molar-refractivity contribution in [2.45, 2.75) is 25.7 Å². The van der Waals surface area contributed by atoms with Crippen molar-refractivity contribution in [3.05, 3.63) is 84.1 Å². The predicted molar refractivity (Wildman–Crippen MR) is 113 cm³/mol. The molecule has 0 saturated carbocycles. The molecule has 4 aromatic rings. The van der Waals surface area contributed by atoms with Gasteiger partial charge in [0.1, 0.15) is 0 Å². The molecule has 1 aliphatic rings. The lowest BCUT2D eigenvalue weighted by Gasteiger charge is -2.14. The Kier molecular flexibility index (Phi) is 3.90. The van der Waals surface area contributed by atoms with Gasteiger partial charge in [-0.1, -0.05) is 66.7 Å². The highest BCUT2D eigenvalue weighted by Crippen LogP contribution is 2.36. The highest BCUT2D eigenvalue weighted by Gasteiger charge is 2.11. The molecule has 0 unspecified atom stereocenters. The van der Waals surface area contributed by atoms with Gasteiger partial charge in [0.2, 0.25) is 5.91 Å². The lowest BCUT2D eigenvalue weighted by atomic mass is 9.90. The average Bonchev–Trinajstić information content (AvgIpc) is 3.20. The molecule has 2 nitrogen and oxygen atoms in total. The van der Waals surface area contributed by atoms with Crippen LogP contribution in [0.25, 0.3) is 32.3 Å². The molecule has 1 N–H and O–H groups in total. The van der Waals surface area contributed by atoms with Crippen LogP contribution in [0, 0.1) is 0 Å². The van der Waals surface area contributed by atoms with Gasteiger partial charge < -0.3 is 5.32 Å². The Morgan fingerprint density at radius 2 is 1.63 bits per heavy atom. The van der Waals surface area contributed by atoms with Gasteiger partial charge in [-0.15, -0.1) is 0 Å². The minimum absolute atomic E-state index is 0.114. The quantitative estimate of drug-likeness (QED) is 0.448. The number of hydrogen-bond donors (Lipinski definition) is 1. The molecule has 0 aromatic heterocycles. The van der Waals surface area contributed by atoms with Gasteiger partial charge >= 0.3 is 0 Å². The maximum atomic E-state index is 12.1. The smallest absolute Gasteiger partial charge is 0.224 e. The number of allylic oxidation sites excluding steroid dienone is 3. The number of hydrogen-bond acceptors (Lipinski definition) is 1. The van der Waals surface area contributed by atoms with E-state index in [0.717, 1.165) is 25.0 Å². The molecular formula is C25H21NO. The van der Waals surface area contributed by atoms with E-state index in [4.69, 9.17) is 0 Å². The van der Waals surface area contributed by atoms with E-state index in [9.17, 15) is 4.79 Å². The zero-order chi connectivity index (χ0) is 18.2. The highest BCUT2D eigenvalue weighted by atomic mass is 16.1. The second kappa shape index (κ2) is 6.55. The number of amides is 1.